The highest BCUT2D eigenvalue weighted by molar-refractivity contribution is 5.96. The molecule has 1 N–H and O–H groups in total. The van der Waals surface area contributed by atoms with Crippen LogP contribution >= 0.6 is 0 Å². The fraction of sp³-hybridized carbons (Fsp3) is 0.275. The lowest BCUT2D eigenvalue weighted by molar-refractivity contribution is -0.116. The van der Waals surface area contributed by atoms with Crippen molar-refractivity contribution in [3.8, 4) is 22.6 Å². The highest BCUT2D eigenvalue weighted by Crippen LogP contribution is 2.45. The summed E-state index contributed by atoms with van der Waals surface area (Å²) in [6.07, 6.45) is 3.50. The van der Waals surface area contributed by atoms with Crippen LogP contribution in [0.4, 0.5) is 10.6 Å². The van der Waals surface area contributed by atoms with Crippen molar-refractivity contribution in [1.29, 1.82) is 0 Å². The number of carbonyl (C=O) groups is 2. The van der Waals surface area contributed by atoms with Crippen molar-refractivity contribution in [2.45, 2.75) is 50.5 Å². The molecule has 7 aromatic rings. The third-order valence-corrected chi connectivity index (χ3v) is 11.8. The van der Waals surface area contributed by atoms with E-state index in [0.29, 0.717) is 36.4 Å². The summed E-state index contributed by atoms with van der Waals surface area (Å²) in [6.45, 7) is 3.01. The molecule has 0 aliphatic heterocycles. The van der Waals surface area contributed by atoms with E-state index in [0.717, 1.165) is 39.3 Å². The maximum absolute atomic E-state index is 13.1. The van der Waals surface area contributed by atoms with Gasteiger partial charge in [-0.2, -0.15) is 0 Å². The Hall–Kier alpha value is -7.09. The van der Waals surface area contributed by atoms with Gasteiger partial charge in [-0.05, 0) is 76.1 Å². The molecular weight excluding hydrogens is 809 g/mol. The Morgan fingerprint density at radius 3 is 1.97 bits per heavy atom. The van der Waals surface area contributed by atoms with Crippen molar-refractivity contribution >= 4 is 29.0 Å². The number of hydrogen-bond donors (Lipinski definition) is 1. The summed E-state index contributed by atoms with van der Waals surface area (Å²) in [7, 11) is 4.97. The van der Waals surface area contributed by atoms with E-state index in [9.17, 15) is 9.59 Å². The van der Waals surface area contributed by atoms with Crippen LogP contribution in [-0.4, -0.2) is 83.5 Å². The van der Waals surface area contributed by atoms with Gasteiger partial charge in [-0.1, -0.05) is 110 Å². The standard InChI is InChI=1S/C51H52N6O7/c1-5-38(30-64-51(35-14-7-6-8-15-35,36-21-25-39(60-3)26-22-36)37-23-27-40(61-4)28-24-37)63-34-57-33-54-47-48(52-32-53-49(47)57)55-46(58)20-13-29-56(2)50(59)62-31-45-43-18-11-9-16-41(43)42-17-10-12-19-44(42)45/h6-12,14-19,21-28,32-33,38,45H,5,13,20,29-31,34H2,1-4H3,(H,52,53,55,58)/t38-/m0/s1. The topological polar surface area (TPSA) is 139 Å². The number of methoxy groups -OCH3 is 2. The average molecular weight is 861 g/mol. The summed E-state index contributed by atoms with van der Waals surface area (Å²) in [6, 6.07) is 42.4. The number of fused-ring (bicyclic) bond motifs is 4. The number of nitrogens with zero attached hydrogens (tertiary/aromatic N) is 5. The second-order valence-corrected chi connectivity index (χ2v) is 15.6. The zero-order valence-electron chi connectivity index (χ0n) is 36.5. The lowest BCUT2D eigenvalue weighted by Crippen LogP contribution is -2.36. The van der Waals surface area contributed by atoms with Crippen LogP contribution in [0.25, 0.3) is 22.3 Å². The lowest BCUT2D eigenvalue weighted by atomic mass is 9.80. The van der Waals surface area contributed by atoms with Gasteiger partial charge < -0.3 is 33.9 Å². The Morgan fingerprint density at radius 1 is 0.766 bits per heavy atom. The molecule has 5 aromatic carbocycles. The molecule has 0 bridgehead atoms. The van der Waals surface area contributed by atoms with E-state index in [1.807, 2.05) is 91.0 Å². The van der Waals surface area contributed by atoms with E-state index in [4.69, 9.17) is 23.7 Å². The van der Waals surface area contributed by atoms with Crippen molar-refractivity contribution in [3.05, 3.63) is 168 Å². The quantitative estimate of drug-likeness (QED) is 0.0784. The lowest BCUT2D eigenvalue weighted by Gasteiger charge is -2.37. The number of aromatic nitrogens is 4. The molecule has 0 fully saturated rings. The van der Waals surface area contributed by atoms with E-state index < -0.39 is 11.7 Å². The highest BCUT2D eigenvalue weighted by Gasteiger charge is 2.39. The van der Waals surface area contributed by atoms with Crippen molar-refractivity contribution in [2.24, 2.45) is 0 Å². The molecule has 328 valence electrons. The second kappa shape index (κ2) is 20.0. The zero-order valence-corrected chi connectivity index (χ0v) is 36.5. The molecule has 64 heavy (non-hydrogen) atoms. The van der Waals surface area contributed by atoms with Gasteiger partial charge >= 0.3 is 6.09 Å². The Balaban J connectivity index is 0.876. The van der Waals surface area contributed by atoms with Gasteiger partial charge in [-0.25, -0.2) is 19.7 Å². The third-order valence-electron chi connectivity index (χ3n) is 11.8. The third kappa shape index (κ3) is 9.17. The minimum atomic E-state index is -0.993. The first-order chi connectivity index (χ1) is 31.3. The number of carbonyl (C=O) groups excluding carboxylic acids is 2. The molecule has 2 amide bonds. The maximum Gasteiger partial charge on any atom is 0.409 e. The van der Waals surface area contributed by atoms with Crippen LogP contribution in [0.5, 0.6) is 11.5 Å². The van der Waals surface area contributed by atoms with E-state index in [1.165, 1.54) is 22.4 Å². The first-order valence-corrected chi connectivity index (χ1v) is 21.4. The molecule has 13 nitrogen and oxygen atoms in total. The van der Waals surface area contributed by atoms with Crippen molar-refractivity contribution in [2.75, 3.05) is 46.3 Å². The molecule has 1 aliphatic carbocycles. The van der Waals surface area contributed by atoms with E-state index in [2.05, 4.69) is 63.6 Å². The predicted octanol–water partition coefficient (Wildman–Crippen LogP) is 9.20. The van der Waals surface area contributed by atoms with Crippen molar-refractivity contribution in [1.82, 2.24) is 24.4 Å². The Morgan fingerprint density at radius 2 is 1.36 bits per heavy atom. The fourth-order valence-electron chi connectivity index (χ4n) is 8.30. The number of imidazole rings is 1. The molecule has 1 atom stereocenters. The molecule has 1 aliphatic rings. The summed E-state index contributed by atoms with van der Waals surface area (Å²) >= 11 is 0. The van der Waals surface area contributed by atoms with Gasteiger partial charge in [0.1, 0.15) is 36.8 Å². The van der Waals surface area contributed by atoms with Gasteiger partial charge in [0, 0.05) is 25.9 Å². The summed E-state index contributed by atoms with van der Waals surface area (Å²) in [4.78, 5) is 41.0. The first kappa shape index (κ1) is 43.6. The Kier molecular flexibility index (Phi) is 13.6. The van der Waals surface area contributed by atoms with Crippen LogP contribution in [0.15, 0.2) is 140 Å². The summed E-state index contributed by atoms with van der Waals surface area (Å²) in [5.41, 5.74) is 7.40. The van der Waals surface area contributed by atoms with E-state index >= 15 is 0 Å². The molecule has 2 aromatic heterocycles. The number of amides is 2. The molecule has 0 radical (unpaired) electrons. The average Bonchev–Trinajstić information content (AvgIpc) is 3.91. The maximum atomic E-state index is 13.1. The molecule has 2 heterocycles. The van der Waals surface area contributed by atoms with E-state index in [1.54, 1.807) is 32.2 Å². The van der Waals surface area contributed by atoms with Crippen LogP contribution < -0.4 is 14.8 Å². The monoisotopic (exact) mass is 860 g/mol. The Labute approximate surface area is 373 Å². The SMILES string of the molecule is CC[C@@H](COC(c1ccccc1)(c1ccc(OC)cc1)c1ccc(OC)cc1)OCn1cnc2c(NC(=O)CCCN(C)C(=O)OCC3c4ccccc4-c4ccccc43)ncnc21. The molecule has 0 saturated heterocycles. The predicted molar refractivity (Wildman–Crippen MR) is 244 cm³/mol. The zero-order chi connectivity index (χ0) is 44.5. The first-order valence-electron chi connectivity index (χ1n) is 21.4. The summed E-state index contributed by atoms with van der Waals surface area (Å²) in [5, 5.41) is 2.88. The summed E-state index contributed by atoms with van der Waals surface area (Å²) in [5.74, 6) is 1.49. The largest absolute Gasteiger partial charge is 0.497 e. The van der Waals surface area contributed by atoms with Gasteiger partial charge in [0.25, 0.3) is 0 Å². The molecule has 13 heteroatoms. The number of anilines is 1. The molecule has 0 unspecified atom stereocenters. The number of benzene rings is 5. The fourth-order valence-corrected chi connectivity index (χ4v) is 8.30. The van der Waals surface area contributed by atoms with Crippen LogP contribution in [0.2, 0.25) is 0 Å². The smallest absolute Gasteiger partial charge is 0.409 e. The highest BCUT2D eigenvalue weighted by atomic mass is 16.6. The van der Waals surface area contributed by atoms with Crippen LogP contribution in [0.3, 0.4) is 0 Å². The van der Waals surface area contributed by atoms with Crippen LogP contribution in [-0.2, 0) is 31.3 Å². The van der Waals surface area contributed by atoms with Gasteiger partial charge in [0.2, 0.25) is 5.91 Å². The van der Waals surface area contributed by atoms with Gasteiger partial charge in [-0.15, -0.1) is 0 Å². The Bertz CT molecular complexity index is 2580. The van der Waals surface area contributed by atoms with E-state index in [-0.39, 0.29) is 44.3 Å². The minimum Gasteiger partial charge on any atom is -0.497 e. The molecule has 8 rings (SSSR count). The number of rotatable bonds is 19. The molecular formula is C51H52N6O7. The number of hydrogen-bond acceptors (Lipinski definition) is 10. The normalized spacial score (nSPS) is 12.6. The second-order valence-electron chi connectivity index (χ2n) is 15.6. The number of nitrogens with one attached hydrogen (secondary N) is 1. The number of ether oxygens (including phenoxy) is 5. The minimum absolute atomic E-state index is 0.0286. The van der Waals surface area contributed by atoms with Crippen molar-refractivity contribution in [3.63, 3.8) is 0 Å². The van der Waals surface area contributed by atoms with Crippen LogP contribution in [0.1, 0.15) is 59.9 Å². The van der Waals surface area contributed by atoms with Crippen LogP contribution in [0, 0.1) is 0 Å². The molecule has 0 saturated carbocycles. The van der Waals surface area contributed by atoms with Gasteiger partial charge in [0.15, 0.2) is 17.0 Å². The van der Waals surface area contributed by atoms with Gasteiger partial charge in [-0.3, -0.25) is 9.36 Å². The summed E-state index contributed by atoms with van der Waals surface area (Å²) < 4.78 is 32.1. The molecule has 0 spiro atoms. The van der Waals surface area contributed by atoms with Crippen molar-refractivity contribution < 1.29 is 33.3 Å². The van der Waals surface area contributed by atoms with Gasteiger partial charge in [0.05, 0.1) is 33.3 Å².